The van der Waals surface area contributed by atoms with Crippen LogP contribution in [0.1, 0.15) is 40.5 Å². The molecule has 3 rings (SSSR count). The third-order valence-corrected chi connectivity index (χ3v) is 3.93. The summed E-state index contributed by atoms with van der Waals surface area (Å²) >= 11 is 0. The Kier molecular flexibility index (Phi) is 4.45. The van der Waals surface area contributed by atoms with Gasteiger partial charge in [0.05, 0.1) is 17.7 Å². The number of halogens is 2. The van der Waals surface area contributed by atoms with E-state index >= 15 is 0 Å². The van der Waals surface area contributed by atoms with Gasteiger partial charge in [-0.25, -0.2) is 8.78 Å². The average Bonchev–Trinajstić information content (AvgIpc) is 2.84. The maximum Gasteiger partial charge on any atom is 0.262 e. The zero-order valence-corrected chi connectivity index (χ0v) is 13.8. The topological polar surface area (TPSA) is 103 Å². The zero-order chi connectivity index (χ0) is 19.0. The van der Waals surface area contributed by atoms with Crippen LogP contribution in [0.15, 0.2) is 23.0 Å². The monoisotopic (exact) mass is 363 g/mol. The minimum absolute atomic E-state index is 0.0297. The van der Waals surface area contributed by atoms with Crippen molar-refractivity contribution in [1.82, 2.24) is 9.88 Å². The van der Waals surface area contributed by atoms with Gasteiger partial charge in [0.15, 0.2) is 11.6 Å². The molecule has 0 aliphatic carbocycles. The SMILES string of the molecule is CCCCOc1cc(F)c(-n2c(N)c3c(cc2=O)C(=O)NC3=O)c(F)c1. The molecule has 0 saturated heterocycles. The molecule has 26 heavy (non-hydrogen) atoms. The highest BCUT2D eigenvalue weighted by molar-refractivity contribution is 6.23. The standard InChI is InChI=1S/C17H15F2N3O4/c1-2-3-4-26-8-5-10(18)14(11(19)6-8)22-12(23)7-9-13(15(22)20)17(25)21-16(9)24/h5-7H,2-4,20H2,1H3,(H,21,24,25). The number of rotatable bonds is 5. The van der Waals surface area contributed by atoms with Crippen LogP contribution in [0.5, 0.6) is 5.75 Å². The van der Waals surface area contributed by atoms with Crippen LogP contribution >= 0.6 is 0 Å². The maximum atomic E-state index is 14.5. The van der Waals surface area contributed by atoms with E-state index in [1.165, 1.54) is 0 Å². The molecule has 1 aromatic heterocycles. The summed E-state index contributed by atoms with van der Waals surface area (Å²) in [5.41, 5.74) is 3.57. The molecule has 1 aromatic carbocycles. The summed E-state index contributed by atoms with van der Waals surface area (Å²) < 4.78 is 34.8. The molecule has 2 aromatic rings. The first kappa shape index (κ1) is 17.6. The molecule has 2 heterocycles. The number of anilines is 1. The lowest BCUT2D eigenvalue weighted by atomic mass is 10.1. The number of aromatic nitrogens is 1. The summed E-state index contributed by atoms with van der Waals surface area (Å²) in [6.45, 7) is 2.23. The molecule has 136 valence electrons. The van der Waals surface area contributed by atoms with E-state index in [4.69, 9.17) is 10.5 Å². The van der Waals surface area contributed by atoms with Crippen molar-refractivity contribution < 1.29 is 23.1 Å². The predicted molar refractivity (Wildman–Crippen MR) is 88.6 cm³/mol. The van der Waals surface area contributed by atoms with Crippen molar-refractivity contribution in [2.24, 2.45) is 0 Å². The van der Waals surface area contributed by atoms with Crippen molar-refractivity contribution in [3.8, 4) is 11.4 Å². The first-order valence-corrected chi connectivity index (χ1v) is 7.88. The number of carbonyl (C=O) groups excluding carboxylic acids is 2. The van der Waals surface area contributed by atoms with Gasteiger partial charge in [-0.05, 0) is 6.42 Å². The number of fused-ring (bicyclic) bond motifs is 1. The van der Waals surface area contributed by atoms with Gasteiger partial charge in [-0.2, -0.15) is 0 Å². The Bertz CT molecular complexity index is 962. The van der Waals surface area contributed by atoms with Crippen LogP contribution in [-0.2, 0) is 0 Å². The van der Waals surface area contributed by atoms with Crippen LogP contribution < -0.4 is 21.3 Å². The second kappa shape index (κ2) is 6.58. The van der Waals surface area contributed by atoms with Crippen LogP contribution in [0, 0.1) is 11.6 Å². The Morgan fingerprint density at radius 2 is 1.77 bits per heavy atom. The number of hydrogen-bond acceptors (Lipinski definition) is 5. The molecule has 0 fully saturated rings. The molecule has 1 aliphatic heterocycles. The highest BCUT2D eigenvalue weighted by Gasteiger charge is 2.33. The Labute approximate surface area is 146 Å². The van der Waals surface area contributed by atoms with Crippen molar-refractivity contribution >= 4 is 17.6 Å². The summed E-state index contributed by atoms with van der Waals surface area (Å²) in [5.74, 6) is -4.35. The Hall–Kier alpha value is -3.23. The lowest BCUT2D eigenvalue weighted by molar-refractivity contribution is 0.0880. The highest BCUT2D eigenvalue weighted by atomic mass is 19.1. The van der Waals surface area contributed by atoms with Gasteiger partial charge in [0.25, 0.3) is 17.4 Å². The molecule has 3 N–H and O–H groups in total. The molecule has 9 heteroatoms. The first-order valence-electron chi connectivity index (χ1n) is 7.88. The molecular formula is C17H15F2N3O4. The fraction of sp³-hybridized carbons (Fsp3) is 0.235. The normalized spacial score (nSPS) is 12.9. The van der Waals surface area contributed by atoms with E-state index in [-0.39, 0.29) is 23.5 Å². The van der Waals surface area contributed by atoms with Gasteiger partial charge in [-0.1, -0.05) is 13.3 Å². The number of hydrogen-bond donors (Lipinski definition) is 2. The van der Waals surface area contributed by atoms with Gasteiger partial charge in [-0.3, -0.25) is 24.3 Å². The molecule has 0 unspecified atom stereocenters. The quantitative estimate of drug-likeness (QED) is 0.622. The molecule has 7 nitrogen and oxygen atoms in total. The third kappa shape index (κ3) is 2.81. The van der Waals surface area contributed by atoms with E-state index in [0.29, 0.717) is 11.0 Å². The fourth-order valence-corrected chi connectivity index (χ4v) is 2.68. The van der Waals surface area contributed by atoms with Crippen molar-refractivity contribution in [1.29, 1.82) is 0 Å². The molecule has 0 atom stereocenters. The van der Waals surface area contributed by atoms with Gasteiger partial charge in [0, 0.05) is 18.2 Å². The summed E-state index contributed by atoms with van der Waals surface area (Å²) in [7, 11) is 0. The zero-order valence-electron chi connectivity index (χ0n) is 13.8. The number of nitrogens with one attached hydrogen (secondary N) is 1. The summed E-state index contributed by atoms with van der Waals surface area (Å²) in [4.78, 5) is 35.7. The van der Waals surface area contributed by atoms with Crippen molar-refractivity contribution in [2.45, 2.75) is 19.8 Å². The van der Waals surface area contributed by atoms with E-state index in [1.807, 2.05) is 12.2 Å². The number of pyridine rings is 1. The van der Waals surface area contributed by atoms with E-state index < -0.39 is 40.5 Å². The Balaban J connectivity index is 2.13. The summed E-state index contributed by atoms with van der Waals surface area (Å²) in [6, 6.07) is 2.67. The molecule has 0 spiro atoms. The first-order chi connectivity index (χ1) is 12.3. The lowest BCUT2D eigenvalue weighted by Gasteiger charge is -2.14. The van der Waals surface area contributed by atoms with E-state index in [9.17, 15) is 23.2 Å². The predicted octanol–water partition coefficient (Wildman–Crippen LogP) is 1.76. The smallest absolute Gasteiger partial charge is 0.262 e. The second-order valence-corrected chi connectivity index (χ2v) is 5.71. The number of amides is 2. The van der Waals surface area contributed by atoms with Gasteiger partial charge >= 0.3 is 0 Å². The number of ether oxygens (including phenoxy) is 1. The molecule has 0 radical (unpaired) electrons. The lowest BCUT2D eigenvalue weighted by Crippen LogP contribution is -2.25. The van der Waals surface area contributed by atoms with Gasteiger partial charge < -0.3 is 10.5 Å². The minimum Gasteiger partial charge on any atom is -0.493 e. The van der Waals surface area contributed by atoms with Crippen molar-refractivity contribution in [3.63, 3.8) is 0 Å². The van der Waals surface area contributed by atoms with Crippen molar-refractivity contribution in [3.05, 3.63) is 51.3 Å². The number of unbranched alkanes of at least 4 members (excludes halogenated alkanes) is 1. The van der Waals surface area contributed by atoms with Crippen LogP contribution in [0.2, 0.25) is 0 Å². The number of nitrogens with zero attached hydrogens (tertiary/aromatic N) is 1. The van der Waals surface area contributed by atoms with Crippen LogP contribution in [0.4, 0.5) is 14.6 Å². The number of benzene rings is 1. The number of nitrogen functional groups attached to an aromatic ring is 1. The average molecular weight is 363 g/mol. The second-order valence-electron chi connectivity index (χ2n) is 5.71. The Morgan fingerprint density at radius 1 is 1.12 bits per heavy atom. The summed E-state index contributed by atoms with van der Waals surface area (Å²) in [5, 5.41) is 1.98. The van der Waals surface area contributed by atoms with Crippen LogP contribution in [-0.4, -0.2) is 23.0 Å². The molecule has 2 amide bonds. The highest BCUT2D eigenvalue weighted by Crippen LogP contribution is 2.28. The third-order valence-electron chi connectivity index (χ3n) is 3.93. The maximum absolute atomic E-state index is 14.5. The number of imide groups is 1. The molecular weight excluding hydrogens is 348 g/mol. The van der Waals surface area contributed by atoms with Gasteiger partial charge in [0.2, 0.25) is 0 Å². The molecule has 1 aliphatic rings. The van der Waals surface area contributed by atoms with Gasteiger partial charge in [-0.15, -0.1) is 0 Å². The number of carbonyl (C=O) groups is 2. The van der Waals surface area contributed by atoms with E-state index in [0.717, 1.165) is 24.6 Å². The minimum atomic E-state index is -1.09. The van der Waals surface area contributed by atoms with E-state index in [1.54, 1.807) is 0 Å². The van der Waals surface area contributed by atoms with Crippen LogP contribution in [0.25, 0.3) is 5.69 Å². The van der Waals surface area contributed by atoms with Gasteiger partial charge in [0.1, 0.15) is 17.3 Å². The molecule has 0 bridgehead atoms. The van der Waals surface area contributed by atoms with Crippen molar-refractivity contribution in [2.75, 3.05) is 12.3 Å². The molecule has 0 saturated carbocycles. The van der Waals surface area contributed by atoms with Crippen LogP contribution in [0.3, 0.4) is 0 Å². The van der Waals surface area contributed by atoms with E-state index in [2.05, 4.69) is 0 Å². The summed E-state index contributed by atoms with van der Waals surface area (Å²) in [6.07, 6.45) is 1.57. The Morgan fingerprint density at radius 3 is 2.38 bits per heavy atom. The number of nitrogens with two attached hydrogens (primary N) is 1. The fourth-order valence-electron chi connectivity index (χ4n) is 2.68. The largest absolute Gasteiger partial charge is 0.493 e.